The quantitative estimate of drug-likeness (QED) is 0.676. The average Bonchev–Trinajstić information content (AvgIpc) is 2.57. The summed E-state index contributed by atoms with van der Waals surface area (Å²) in [5, 5.41) is 3.26. The first-order valence-electron chi connectivity index (χ1n) is 5.35. The number of nitrogens with one attached hydrogen (secondary N) is 1. The van der Waals surface area contributed by atoms with Crippen LogP contribution in [0.1, 0.15) is 26.0 Å². The highest BCUT2D eigenvalue weighted by Crippen LogP contribution is 2.08. The Morgan fingerprint density at radius 2 is 2.27 bits per heavy atom. The van der Waals surface area contributed by atoms with Crippen LogP contribution in [-0.4, -0.2) is 19.3 Å². The molecule has 3 N–H and O–H groups in total. The Morgan fingerprint density at radius 1 is 1.47 bits per heavy atom. The van der Waals surface area contributed by atoms with Gasteiger partial charge < -0.3 is 20.2 Å². The zero-order chi connectivity index (χ0) is 11.1. The minimum atomic E-state index is 0.315. The minimum Gasteiger partial charge on any atom is -0.445 e. The van der Waals surface area contributed by atoms with Crippen LogP contribution in [-0.2, 0) is 11.3 Å². The molecule has 4 nitrogen and oxygen atoms in total. The molecular weight excluding hydrogens is 192 g/mol. The van der Waals surface area contributed by atoms with E-state index in [-0.39, 0.29) is 0 Å². The molecule has 0 fully saturated rings. The topological polar surface area (TPSA) is 60.4 Å². The fraction of sp³-hybridized carbons (Fsp3) is 0.636. The molecule has 0 aliphatic heterocycles. The first kappa shape index (κ1) is 12.1. The molecule has 0 radical (unpaired) electrons. The van der Waals surface area contributed by atoms with Crippen molar-refractivity contribution < 1.29 is 9.15 Å². The second-order valence-corrected chi connectivity index (χ2v) is 3.75. The molecule has 4 heteroatoms. The van der Waals surface area contributed by atoms with Gasteiger partial charge in [0.1, 0.15) is 5.76 Å². The lowest BCUT2D eigenvalue weighted by molar-refractivity contribution is 0.0770. The zero-order valence-corrected chi connectivity index (χ0v) is 9.45. The van der Waals surface area contributed by atoms with Gasteiger partial charge in [-0.15, -0.1) is 0 Å². The van der Waals surface area contributed by atoms with E-state index >= 15 is 0 Å². The van der Waals surface area contributed by atoms with Crippen LogP contribution in [0.5, 0.6) is 0 Å². The molecule has 0 unspecified atom stereocenters. The molecule has 1 aromatic rings. The normalized spacial score (nSPS) is 11.1. The van der Waals surface area contributed by atoms with E-state index < -0.39 is 0 Å². The van der Waals surface area contributed by atoms with E-state index in [4.69, 9.17) is 14.9 Å². The largest absolute Gasteiger partial charge is 0.445 e. The molecular formula is C11H20N2O2. The number of nitrogen functional groups attached to an aromatic ring is 1. The molecule has 0 saturated heterocycles. The predicted molar refractivity (Wildman–Crippen MR) is 60.5 cm³/mol. The highest BCUT2D eigenvalue weighted by atomic mass is 16.5. The third kappa shape index (κ3) is 5.44. The Kier molecular flexibility index (Phi) is 5.21. The lowest BCUT2D eigenvalue weighted by atomic mass is 10.4. The van der Waals surface area contributed by atoms with E-state index in [0.717, 1.165) is 31.9 Å². The van der Waals surface area contributed by atoms with E-state index in [1.165, 1.54) is 0 Å². The molecule has 0 aliphatic carbocycles. The molecule has 1 heterocycles. The maximum absolute atomic E-state index is 5.45. The molecule has 1 aromatic heterocycles. The predicted octanol–water partition coefficient (Wildman–Crippen LogP) is 1.77. The molecule has 0 bridgehead atoms. The van der Waals surface area contributed by atoms with Gasteiger partial charge in [0.05, 0.1) is 12.6 Å². The van der Waals surface area contributed by atoms with Crippen molar-refractivity contribution in [3.05, 3.63) is 17.9 Å². The van der Waals surface area contributed by atoms with Gasteiger partial charge in [-0.1, -0.05) is 0 Å². The van der Waals surface area contributed by atoms with Crippen molar-refractivity contribution in [1.29, 1.82) is 0 Å². The average molecular weight is 212 g/mol. The summed E-state index contributed by atoms with van der Waals surface area (Å²) in [6, 6.07) is 3.64. The third-order valence-corrected chi connectivity index (χ3v) is 1.93. The number of ether oxygens (including phenoxy) is 1. The Bertz CT molecular complexity index is 271. The molecule has 1 rings (SSSR count). The number of rotatable bonds is 7. The molecule has 0 aliphatic rings. The van der Waals surface area contributed by atoms with Gasteiger partial charge >= 0.3 is 0 Å². The van der Waals surface area contributed by atoms with Crippen LogP contribution >= 0.6 is 0 Å². The number of nitrogens with two attached hydrogens (primary N) is 1. The van der Waals surface area contributed by atoms with E-state index in [1.54, 1.807) is 6.07 Å². The van der Waals surface area contributed by atoms with Gasteiger partial charge in [-0.3, -0.25) is 0 Å². The van der Waals surface area contributed by atoms with E-state index in [1.807, 2.05) is 19.9 Å². The highest BCUT2D eigenvalue weighted by Gasteiger charge is 1.98. The van der Waals surface area contributed by atoms with Crippen LogP contribution < -0.4 is 11.1 Å². The highest BCUT2D eigenvalue weighted by molar-refractivity contribution is 5.25. The van der Waals surface area contributed by atoms with Gasteiger partial charge in [0.25, 0.3) is 0 Å². The van der Waals surface area contributed by atoms with Crippen molar-refractivity contribution in [3.63, 3.8) is 0 Å². The first-order chi connectivity index (χ1) is 7.18. The minimum absolute atomic E-state index is 0.315. The fourth-order valence-corrected chi connectivity index (χ4v) is 1.22. The molecule has 86 valence electrons. The van der Waals surface area contributed by atoms with Crippen LogP contribution in [0.2, 0.25) is 0 Å². The summed E-state index contributed by atoms with van der Waals surface area (Å²) in [5.41, 5.74) is 5.45. The van der Waals surface area contributed by atoms with Crippen LogP contribution in [0.15, 0.2) is 16.5 Å². The summed E-state index contributed by atoms with van der Waals surface area (Å²) < 4.78 is 10.6. The number of anilines is 1. The Morgan fingerprint density at radius 3 is 2.87 bits per heavy atom. The Labute approximate surface area is 90.8 Å². The second-order valence-electron chi connectivity index (χ2n) is 3.75. The third-order valence-electron chi connectivity index (χ3n) is 1.93. The molecule has 0 spiro atoms. The summed E-state index contributed by atoms with van der Waals surface area (Å²) in [6.07, 6.45) is 1.32. The second kappa shape index (κ2) is 6.48. The van der Waals surface area contributed by atoms with Crippen molar-refractivity contribution >= 4 is 5.88 Å². The van der Waals surface area contributed by atoms with E-state index in [0.29, 0.717) is 12.0 Å². The smallest absolute Gasteiger partial charge is 0.190 e. The van der Waals surface area contributed by atoms with Crippen molar-refractivity contribution in [2.75, 3.05) is 18.9 Å². The summed E-state index contributed by atoms with van der Waals surface area (Å²) in [7, 11) is 0. The number of hydrogen-bond donors (Lipinski definition) is 2. The SMILES string of the molecule is CC(C)OCCCNCc1ccc(N)o1. The van der Waals surface area contributed by atoms with Crippen LogP contribution in [0.4, 0.5) is 5.88 Å². The Balaban J connectivity index is 1.98. The van der Waals surface area contributed by atoms with Crippen molar-refractivity contribution in [1.82, 2.24) is 5.32 Å². The number of hydrogen-bond acceptors (Lipinski definition) is 4. The van der Waals surface area contributed by atoms with Crippen molar-refractivity contribution in [2.45, 2.75) is 32.9 Å². The van der Waals surface area contributed by atoms with Gasteiger partial charge in [-0.25, -0.2) is 0 Å². The number of furan rings is 1. The maximum atomic E-state index is 5.45. The molecule has 0 aromatic carbocycles. The summed E-state index contributed by atoms with van der Waals surface area (Å²) in [4.78, 5) is 0. The fourth-order valence-electron chi connectivity index (χ4n) is 1.22. The van der Waals surface area contributed by atoms with Gasteiger partial charge in [0, 0.05) is 12.7 Å². The van der Waals surface area contributed by atoms with Crippen LogP contribution in [0, 0.1) is 0 Å². The summed E-state index contributed by atoms with van der Waals surface area (Å²) in [5.74, 6) is 1.34. The standard InChI is InChI=1S/C11H20N2O2/c1-9(2)14-7-3-6-13-8-10-4-5-11(12)15-10/h4-5,9,13H,3,6-8,12H2,1-2H3. The van der Waals surface area contributed by atoms with Gasteiger partial charge in [0.2, 0.25) is 0 Å². The van der Waals surface area contributed by atoms with Crippen molar-refractivity contribution in [2.24, 2.45) is 0 Å². The molecule has 0 atom stereocenters. The molecule has 0 amide bonds. The maximum Gasteiger partial charge on any atom is 0.190 e. The molecule has 15 heavy (non-hydrogen) atoms. The van der Waals surface area contributed by atoms with Gasteiger partial charge in [-0.05, 0) is 32.9 Å². The monoisotopic (exact) mass is 212 g/mol. The Hall–Kier alpha value is -1.00. The van der Waals surface area contributed by atoms with E-state index in [9.17, 15) is 0 Å². The first-order valence-corrected chi connectivity index (χ1v) is 5.35. The van der Waals surface area contributed by atoms with Crippen LogP contribution in [0.3, 0.4) is 0 Å². The summed E-state index contributed by atoms with van der Waals surface area (Å²) in [6.45, 7) is 6.52. The van der Waals surface area contributed by atoms with Gasteiger partial charge in [-0.2, -0.15) is 0 Å². The van der Waals surface area contributed by atoms with Gasteiger partial charge in [0.15, 0.2) is 5.88 Å². The lowest BCUT2D eigenvalue weighted by Crippen LogP contribution is -2.17. The zero-order valence-electron chi connectivity index (χ0n) is 9.45. The summed E-state index contributed by atoms with van der Waals surface area (Å²) >= 11 is 0. The molecule has 0 saturated carbocycles. The van der Waals surface area contributed by atoms with Crippen LogP contribution in [0.25, 0.3) is 0 Å². The van der Waals surface area contributed by atoms with E-state index in [2.05, 4.69) is 5.32 Å². The van der Waals surface area contributed by atoms with Crippen molar-refractivity contribution in [3.8, 4) is 0 Å². The lowest BCUT2D eigenvalue weighted by Gasteiger charge is -2.07.